The lowest BCUT2D eigenvalue weighted by Gasteiger charge is -2.36. The van der Waals surface area contributed by atoms with Crippen molar-refractivity contribution in [3.05, 3.63) is 52.5 Å². The fraction of sp³-hybridized carbons (Fsp3) is 0.480. The number of piperazine rings is 1. The van der Waals surface area contributed by atoms with E-state index < -0.39 is 10.0 Å². The Labute approximate surface area is 207 Å². The molecule has 34 heavy (non-hydrogen) atoms. The molecule has 0 unspecified atom stereocenters. The summed E-state index contributed by atoms with van der Waals surface area (Å²) in [6, 6.07) is 10.7. The standard InChI is InChI=1S/C25H32ClN3O4S/c1-19-6-7-21(26)17-23(19)27-12-14-28(15-13-27)25(30)18-33-24-9-8-22(16-20(24)2)34(31,32)29-10-4-3-5-11-29/h6-9,16-17H,3-5,10-15,18H2,1-2H3. The third-order valence-electron chi connectivity index (χ3n) is 6.59. The lowest BCUT2D eigenvalue weighted by atomic mass is 10.1. The molecule has 2 aliphatic heterocycles. The molecule has 1 amide bonds. The summed E-state index contributed by atoms with van der Waals surface area (Å²) in [7, 11) is -3.49. The summed E-state index contributed by atoms with van der Waals surface area (Å²) in [5, 5.41) is 0.706. The fourth-order valence-electron chi connectivity index (χ4n) is 4.55. The number of halogens is 1. The molecule has 0 spiro atoms. The number of anilines is 1. The van der Waals surface area contributed by atoms with Crippen LogP contribution in [0.5, 0.6) is 5.75 Å². The van der Waals surface area contributed by atoms with Crippen molar-refractivity contribution in [3.8, 4) is 5.75 Å². The first-order chi connectivity index (χ1) is 16.3. The minimum Gasteiger partial charge on any atom is -0.483 e. The smallest absolute Gasteiger partial charge is 0.260 e. The van der Waals surface area contributed by atoms with Crippen LogP contribution in [-0.4, -0.2) is 69.4 Å². The Morgan fingerprint density at radius 1 is 0.912 bits per heavy atom. The van der Waals surface area contributed by atoms with E-state index in [4.69, 9.17) is 16.3 Å². The average Bonchev–Trinajstić information content (AvgIpc) is 2.85. The molecule has 0 saturated carbocycles. The third-order valence-corrected chi connectivity index (χ3v) is 8.72. The van der Waals surface area contributed by atoms with Crippen molar-refractivity contribution < 1.29 is 17.9 Å². The first-order valence-corrected chi connectivity index (χ1v) is 13.6. The molecule has 4 rings (SSSR count). The van der Waals surface area contributed by atoms with E-state index in [9.17, 15) is 13.2 Å². The zero-order chi connectivity index (χ0) is 24.3. The number of aryl methyl sites for hydroxylation is 2. The van der Waals surface area contributed by atoms with Crippen LogP contribution in [0.2, 0.25) is 5.02 Å². The summed E-state index contributed by atoms with van der Waals surface area (Å²) in [6.45, 7) is 7.61. The van der Waals surface area contributed by atoms with Gasteiger partial charge in [0.1, 0.15) is 5.75 Å². The van der Waals surface area contributed by atoms with Gasteiger partial charge in [0.25, 0.3) is 5.91 Å². The molecular formula is C25H32ClN3O4S. The first-order valence-electron chi connectivity index (χ1n) is 11.8. The summed E-state index contributed by atoms with van der Waals surface area (Å²) >= 11 is 6.16. The average molecular weight is 506 g/mol. The molecule has 9 heteroatoms. The number of sulfonamides is 1. The highest BCUT2D eigenvalue weighted by molar-refractivity contribution is 7.89. The highest BCUT2D eigenvalue weighted by Gasteiger charge is 2.27. The highest BCUT2D eigenvalue weighted by atomic mass is 35.5. The van der Waals surface area contributed by atoms with Gasteiger partial charge in [-0.25, -0.2) is 8.42 Å². The molecule has 2 aliphatic rings. The molecule has 2 saturated heterocycles. The van der Waals surface area contributed by atoms with Gasteiger partial charge in [-0.2, -0.15) is 4.31 Å². The van der Waals surface area contributed by atoms with Crippen molar-refractivity contribution in [2.24, 2.45) is 0 Å². The summed E-state index contributed by atoms with van der Waals surface area (Å²) in [4.78, 5) is 17.1. The normalized spacial score (nSPS) is 17.6. The van der Waals surface area contributed by atoms with Crippen LogP contribution in [0.1, 0.15) is 30.4 Å². The number of carbonyl (C=O) groups excluding carboxylic acids is 1. The Morgan fingerprint density at radius 2 is 1.62 bits per heavy atom. The maximum atomic E-state index is 12.9. The Bertz CT molecular complexity index is 1140. The van der Waals surface area contributed by atoms with Crippen LogP contribution in [0.25, 0.3) is 0 Å². The van der Waals surface area contributed by atoms with Gasteiger partial charge >= 0.3 is 0 Å². The highest BCUT2D eigenvalue weighted by Crippen LogP contribution is 2.27. The van der Waals surface area contributed by atoms with Crippen molar-refractivity contribution >= 4 is 33.2 Å². The molecule has 0 atom stereocenters. The first kappa shape index (κ1) is 24.8. The van der Waals surface area contributed by atoms with Crippen molar-refractivity contribution in [3.63, 3.8) is 0 Å². The molecule has 0 N–H and O–H groups in total. The number of hydrogen-bond donors (Lipinski definition) is 0. The van der Waals surface area contributed by atoms with Crippen molar-refractivity contribution in [1.29, 1.82) is 0 Å². The van der Waals surface area contributed by atoms with E-state index in [0.717, 1.165) is 43.6 Å². The van der Waals surface area contributed by atoms with E-state index in [1.165, 1.54) is 0 Å². The van der Waals surface area contributed by atoms with Gasteiger partial charge in [0.15, 0.2) is 6.61 Å². The Balaban J connectivity index is 1.32. The number of nitrogens with zero attached hydrogens (tertiary/aromatic N) is 3. The van der Waals surface area contributed by atoms with Gasteiger partial charge in [0.05, 0.1) is 4.90 Å². The maximum absolute atomic E-state index is 12.9. The number of rotatable bonds is 6. The number of benzene rings is 2. The number of piperidine rings is 1. The molecule has 0 aliphatic carbocycles. The second-order valence-corrected chi connectivity index (χ2v) is 11.4. The van der Waals surface area contributed by atoms with Gasteiger partial charge in [-0.15, -0.1) is 0 Å². The molecule has 7 nitrogen and oxygen atoms in total. The van der Waals surface area contributed by atoms with E-state index >= 15 is 0 Å². The Morgan fingerprint density at radius 3 is 2.29 bits per heavy atom. The Hall–Kier alpha value is -2.29. The topological polar surface area (TPSA) is 70.2 Å². The largest absolute Gasteiger partial charge is 0.483 e. The molecular weight excluding hydrogens is 474 g/mol. The van der Waals surface area contributed by atoms with Crippen LogP contribution in [0.4, 0.5) is 5.69 Å². The minimum atomic E-state index is -3.49. The van der Waals surface area contributed by atoms with Crippen molar-refractivity contribution in [2.45, 2.75) is 38.0 Å². The van der Waals surface area contributed by atoms with Crippen molar-refractivity contribution in [1.82, 2.24) is 9.21 Å². The number of hydrogen-bond acceptors (Lipinski definition) is 5. The summed E-state index contributed by atoms with van der Waals surface area (Å²) in [5.41, 5.74) is 2.96. The molecule has 184 valence electrons. The number of carbonyl (C=O) groups is 1. The van der Waals surface area contributed by atoms with Crippen molar-refractivity contribution in [2.75, 3.05) is 50.8 Å². The van der Waals surface area contributed by atoms with Crippen LogP contribution in [0.3, 0.4) is 0 Å². The zero-order valence-corrected chi connectivity index (χ0v) is 21.4. The van der Waals surface area contributed by atoms with E-state index in [1.54, 1.807) is 34.3 Å². The molecule has 0 radical (unpaired) electrons. The molecule has 0 aromatic heterocycles. The summed E-state index contributed by atoms with van der Waals surface area (Å²) in [6.07, 6.45) is 2.87. The second-order valence-electron chi connectivity index (χ2n) is 8.98. The number of amides is 1. The van der Waals surface area contributed by atoms with Gasteiger partial charge in [0, 0.05) is 50.0 Å². The van der Waals surface area contributed by atoms with E-state index in [-0.39, 0.29) is 17.4 Å². The van der Waals surface area contributed by atoms with Gasteiger partial charge in [-0.3, -0.25) is 4.79 Å². The molecule has 2 fully saturated rings. The number of ether oxygens (including phenoxy) is 1. The van der Waals surface area contributed by atoms with Crippen LogP contribution >= 0.6 is 11.6 Å². The van der Waals surface area contributed by atoms with Gasteiger partial charge in [-0.05, 0) is 68.1 Å². The maximum Gasteiger partial charge on any atom is 0.260 e. The zero-order valence-electron chi connectivity index (χ0n) is 19.8. The van der Waals surface area contributed by atoms with E-state index in [1.807, 2.05) is 18.2 Å². The summed E-state index contributed by atoms with van der Waals surface area (Å²) < 4.78 is 33.1. The van der Waals surface area contributed by atoms with Crippen LogP contribution in [-0.2, 0) is 14.8 Å². The lowest BCUT2D eigenvalue weighted by Crippen LogP contribution is -2.50. The SMILES string of the molecule is Cc1cc(S(=O)(=O)N2CCCCC2)ccc1OCC(=O)N1CCN(c2cc(Cl)ccc2C)CC1. The monoisotopic (exact) mass is 505 g/mol. The fourth-order valence-corrected chi connectivity index (χ4v) is 6.32. The quantitative estimate of drug-likeness (QED) is 0.596. The Kier molecular flexibility index (Phi) is 7.70. The van der Waals surface area contributed by atoms with Gasteiger partial charge in [0.2, 0.25) is 10.0 Å². The lowest BCUT2D eigenvalue weighted by molar-refractivity contribution is -0.133. The predicted molar refractivity (Wildman–Crippen MR) is 134 cm³/mol. The molecule has 2 aromatic carbocycles. The second kappa shape index (κ2) is 10.5. The van der Waals surface area contributed by atoms with Crippen LogP contribution in [0.15, 0.2) is 41.3 Å². The third kappa shape index (κ3) is 5.50. The van der Waals surface area contributed by atoms with Crippen LogP contribution in [0, 0.1) is 13.8 Å². The van der Waals surface area contributed by atoms with E-state index in [0.29, 0.717) is 42.5 Å². The molecule has 2 heterocycles. The minimum absolute atomic E-state index is 0.0742. The molecule has 0 bridgehead atoms. The van der Waals surface area contributed by atoms with Gasteiger partial charge < -0.3 is 14.5 Å². The van der Waals surface area contributed by atoms with Crippen LogP contribution < -0.4 is 9.64 Å². The summed E-state index contributed by atoms with van der Waals surface area (Å²) in [5.74, 6) is 0.450. The van der Waals surface area contributed by atoms with E-state index in [2.05, 4.69) is 11.8 Å². The van der Waals surface area contributed by atoms with Gasteiger partial charge in [-0.1, -0.05) is 24.1 Å². The molecule has 2 aromatic rings. The predicted octanol–water partition coefficient (Wildman–Crippen LogP) is 3.86.